The molecule has 1 aromatic heterocycles. The summed E-state index contributed by atoms with van der Waals surface area (Å²) < 4.78 is 7.33. The highest BCUT2D eigenvalue weighted by atomic mass is 32.1. The molecule has 5 aromatic rings. The fraction of sp³-hybridized carbons (Fsp3) is 0.0741. The Morgan fingerprint density at radius 3 is 2.10 bits per heavy atom. The molecule has 5 rings (SSSR count). The number of methoxy groups -OCH3 is 1. The molecule has 0 aliphatic rings. The van der Waals surface area contributed by atoms with Gasteiger partial charge in [-0.1, -0.05) is 66.2 Å². The van der Waals surface area contributed by atoms with E-state index in [1.165, 1.54) is 5.56 Å². The molecule has 0 saturated carbocycles. The van der Waals surface area contributed by atoms with Gasteiger partial charge in [-0.3, -0.25) is 4.79 Å². The standard InChI is InChI=1S/C27H20O2S/c1-17-7-9-19(10-8-17)22-16-15-21(18-11-13-20(29-2)14-12-18)25-26(28)23-5-3-4-6-24(23)30-27(22)25/h3-16H,1-2H3. The van der Waals surface area contributed by atoms with Crippen molar-refractivity contribution in [3.05, 3.63) is 101 Å². The maximum Gasteiger partial charge on any atom is 0.196 e. The minimum atomic E-state index is 0.0825. The number of aryl methyl sites for hydroxylation is 1. The quantitative estimate of drug-likeness (QED) is 0.299. The van der Waals surface area contributed by atoms with Crippen LogP contribution in [0.25, 0.3) is 42.4 Å². The van der Waals surface area contributed by atoms with Crippen molar-refractivity contribution in [3.63, 3.8) is 0 Å². The van der Waals surface area contributed by atoms with Gasteiger partial charge in [0.05, 0.1) is 7.11 Å². The minimum Gasteiger partial charge on any atom is -0.497 e. The van der Waals surface area contributed by atoms with Crippen LogP contribution in [-0.4, -0.2) is 7.11 Å². The number of hydrogen-bond acceptors (Lipinski definition) is 3. The monoisotopic (exact) mass is 408 g/mol. The summed E-state index contributed by atoms with van der Waals surface area (Å²) in [5.74, 6) is 0.801. The molecule has 0 amide bonds. The Balaban J connectivity index is 1.88. The Labute approximate surface area is 179 Å². The van der Waals surface area contributed by atoms with Crippen LogP contribution in [0.15, 0.2) is 89.7 Å². The first-order valence-electron chi connectivity index (χ1n) is 9.86. The molecule has 0 radical (unpaired) electrons. The smallest absolute Gasteiger partial charge is 0.196 e. The minimum absolute atomic E-state index is 0.0825. The maximum absolute atomic E-state index is 13.6. The van der Waals surface area contributed by atoms with E-state index in [0.29, 0.717) is 0 Å². The molecule has 0 bridgehead atoms. The zero-order chi connectivity index (χ0) is 20.7. The van der Waals surface area contributed by atoms with Crippen molar-refractivity contribution < 1.29 is 4.74 Å². The molecule has 3 heteroatoms. The van der Waals surface area contributed by atoms with Gasteiger partial charge in [0, 0.05) is 20.2 Å². The Morgan fingerprint density at radius 2 is 1.37 bits per heavy atom. The van der Waals surface area contributed by atoms with Crippen LogP contribution in [0.3, 0.4) is 0 Å². The Hall–Kier alpha value is -3.43. The lowest BCUT2D eigenvalue weighted by molar-refractivity contribution is 0.415. The van der Waals surface area contributed by atoms with Gasteiger partial charge in [-0.25, -0.2) is 0 Å². The molecule has 0 fully saturated rings. The van der Waals surface area contributed by atoms with Gasteiger partial charge in [0.15, 0.2) is 5.43 Å². The van der Waals surface area contributed by atoms with E-state index in [-0.39, 0.29) is 5.43 Å². The van der Waals surface area contributed by atoms with Crippen molar-refractivity contribution in [2.45, 2.75) is 6.92 Å². The molecule has 0 spiro atoms. The third kappa shape index (κ3) is 3.08. The lowest BCUT2D eigenvalue weighted by atomic mass is 9.95. The maximum atomic E-state index is 13.6. The van der Waals surface area contributed by atoms with Crippen molar-refractivity contribution in [2.75, 3.05) is 7.11 Å². The topological polar surface area (TPSA) is 26.3 Å². The number of benzene rings is 4. The highest BCUT2D eigenvalue weighted by molar-refractivity contribution is 7.25. The molecule has 0 aliphatic carbocycles. The van der Waals surface area contributed by atoms with E-state index in [1.807, 2.05) is 48.5 Å². The first kappa shape index (κ1) is 18.6. The van der Waals surface area contributed by atoms with Gasteiger partial charge in [0.1, 0.15) is 5.75 Å². The summed E-state index contributed by atoms with van der Waals surface area (Å²) in [5.41, 5.74) is 5.48. The van der Waals surface area contributed by atoms with Crippen LogP contribution in [0.1, 0.15) is 5.56 Å². The van der Waals surface area contributed by atoms with Crippen LogP contribution in [-0.2, 0) is 0 Å². The van der Waals surface area contributed by atoms with Crippen molar-refractivity contribution >= 4 is 31.5 Å². The van der Waals surface area contributed by atoms with Crippen LogP contribution < -0.4 is 10.2 Å². The zero-order valence-corrected chi connectivity index (χ0v) is 17.6. The molecule has 2 nitrogen and oxygen atoms in total. The molecular weight excluding hydrogens is 388 g/mol. The number of ether oxygens (including phenoxy) is 1. The molecule has 0 unspecified atom stereocenters. The third-order valence-corrected chi connectivity index (χ3v) is 6.70. The Bertz CT molecular complexity index is 1430. The predicted octanol–water partition coefficient (Wildman–Crippen LogP) is 7.07. The molecule has 0 atom stereocenters. The highest BCUT2D eigenvalue weighted by Crippen LogP contribution is 2.38. The molecule has 4 aromatic carbocycles. The van der Waals surface area contributed by atoms with Gasteiger partial charge in [0.2, 0.25) is 0 Å². The second-order valence-electron chi connectivity index (χ2n) is 7.39. The van der Waals surface area contributed by atoms with E-state index in [4.69, 9.17) is 4.74 Å². The van der Waals surface area contributed by atoms with Crippen LogP contribution >= 0.6 is 11.3 Å². The molecule has 146 valence electrons. The summed E-state index contributed by atoms with van der Waals surface area (Å²) in [5, 5.41) is 1.55. The van der Waals surface area contributed by atoms with E-state index < -0.39 is 0 Å². The molecular formula is C27H20O2S. The van der Waals surface area contributed by atoms with Crippen LogP contribution in [0.4, 0.5) is 0 Å². The van der Waals surface area contributed by atoms with Crippen LogP contribution in [0.5, 0.6) is 5.75 Å². The van der Waals surface area contributed by atoms with Gasteiger partial charge < -0.3 is 4.74 Å². The lowest BCUT2D eigenvalue weighted by Gasteiger charge is -2.13. The van der Waals surface area contributed by atoms with Crippen molar-refractivity contribution in [3.8, 4) is 28.0 Å². The molecule has 0 N–H and O–H groups in total. The summed E-state index contributed by atoms with van der Waals surface area (Å²) in [7, 11) is 1.66. The largest absolute Gasteiger partial charge is 0.497 e. The average molecular weight is 409 g/mol. The van der Waals surface area contributed by atoms with E-state index in [0.717, 1.165) is 48.2 Å². The van der Waals surface area contributed by atoms with Crippen LogP contribution in [0, 0.1) is 6.92 Å². The molecule has 1 heterocycles. The van der Waals surface area contributed by atoms with Gasteiger partial charge in [-0.2, -0.15) is 0 Å². The summed E-state index contributed by atoms with van der Waals surface area (Å²) in [4.78, 5) is 13.6. The first-order valence-corrected chi connectivity index (χ1v) is 10.7. The zero-order valence-electron chi connectivity index (χ0n) is 16.8. The van der Waals surface area contributed by atoms with Gasteiger partial charge >= 0.3 is 0 Å². The summed E-state index contributed by atoms with van der Waals surface area (Å²) in [6, 6.07) is 28.5. The van der Waals surface area contributed by atoms with E-state index in [1.54, 1.807) is 18.4 Å². The van der Waals surface area contributed by atoms with Crippen molar-refractivity contribution in [1.29, 1.82) is 0 Å². The normalized spacial score (nSPS) is 11.1. The first-order chi connectivity index (χ1) is 14.7. The van der Waals surface area contributed by atoms with E-state index >= 15 is 0 Å². The van der Waals surface area contributed by atoms with Crippen molar-refractivity contribution in [1.82, 2.24) is 0 Å². The second kappa shape index (κ2) is 7.43. The van der Waals surface area contributed by atoms with Crippen LogP contribution in [0.2, 0.25) is 0 Å². The van der Waals surface area contributed by atoms with Gasteiger partial charge in [0.25, 0.3) is 0 Å². The lowest BCUT2D eigenvalue weighted by Crippen LogP contribution is -2.03. The highest BCUT2D eigenvalue weighted by Gasteiger charge is 2.15. The fourth-order valence-corrected chi connectivity index (χ4v) is 5.11. The van der Waals surface area contributed by atoms with E-state index in [9.17, 15) is 4.79 Å². The predicted molar refractivity (Wildman–Crippen MR) is 128 cm³/mol. The van der Waals surface area contributed by atoms with Crippen molar-refractivity contribution in [2.24, 2.45) is 0 Å². The number of fused-ring (bicyclic) bond motifs is 2. The molecule has 0 saturated heterocycles. The second-order valence-corrected chi connectivity index (χ2v) is 8.44. The number of rotatable bonds is 3. The average Bonchev–Trinajstić information content (AvgIpc) is 2.79. The van der Waals surface area contributed by atoms with Gasteiger partial charge in [-0.15, -0.1) is 11.3 Å². The Kier molecular flexibility index (Phi) is 4.61. The number of hydrogen-bond donors (Lipinski definition) is 0. The third-order valence-electron chi connectivity index (χ3n) is 5.49. The van der Waals surface area contributed by atoms with Gasteiger partial charge in [-0.05, 0) is 53.4 Å². The Morgan fingerprint density at radius 1 is 0.733 bits per heavy atom. The summed E-state index contributed by atoms with van der Waals surface area (Å²) in [6.45, 7) is 2.08. The summed E-state index contributed by atoms with van der Waals surface area (Å²) >= 11 is 1.68. The van der Waals surface area contributed by atoms with E-state index in [2.05, 4.69) is 43.3 Å². The SMILES string of the molecule is COc1ccc(-c2ccc(-c3ccc(C)cc3)c3sc4ccccc4c(=O)c23)cc1. The molecule has 0 aliphatic heterocycles. The molecule has 30 heavy (non-hydrogen) atoms. The summed E-state index contributed by atoms with van der Waals surface area (Å²) in [6.07, 6.45) is 0. The fourth-order valence-electron chi connectivity index (χ4n) is 3.87.